The van der Waals surface area contributed by atoms with E-state index in [-0.39, 0.29) is 18.3 Å². The maximum Gasteiger partial charge on any atom is 0.256 e. The van der Waals surface area contributed by atoms with Crippen LogP contribution in [0.3, 0.4) is 0 Å². The summed E-state index contributed by atoms with van der Waals surface area (Å²) < 4.78 is 16.7. The van der Waals surface area contributed by atoms with E-state index >= 15 is 0 Å². The zero-order chi connectivity index (χ0) is 20.1. The Morgan fingerprint density at radius 3 is 2.79 bits per heavy atom. The second kappa shape index (κ2) is 6.51. The average Bonchev–Trinajstić information content (AvgIpc) is 3.25. The van der Waals surface area contributed by atoms with E-state index in [1.165, 1.54) is 0 Å². The third-order valence-corrected chi connectivity index (χ3v) is 5.47. The maximum atomic E-state index is 15.0. The minimum absolute atomic E-state index is 0.104. The molecule has 29 heavy (non-hydrogen) atoms. The number of pyridine rings is 1. The van der Waals surface area contributed by atoms with Gasteiger partial charge in [0.05, 0.1) is 23.3 Å². The summed E-state index contributed by atoms with van der Waals surface area (Å²) in [5.41, 5.74) is 5.57. The number of hydrogen-bond donors (Lipinski definition) is 0. The number of rotatable bonds is 3. The third-order valence-electron chi connectivity index (χ3n) is 5.47. The van der Waals surface area contributed by atoms with Crippen LogP contribution in [0.25, 0.3) is 22.0 Å². The lowest BCUT2D eigenvalue weighted by molar-refractivity contribution is 0.0765. The number of aromatic nitrogens is 3. The number of hydrogen-bond acceptors (Lipinski definition) is 3. The molecule has 0 atom stereocenters. The van der Waals surface area contributed by atoms with Crippen molar-refractivity contribution in [2.75, 3.05) is 0 Å². The second-order valence-corrected chi connectivity index (χ2v) is 7.46. The van der Waals surface area contributed by atoms with Crippen LogP contribution in [0.4, 0.5) is 4.39 Å². The van der Waals surface area contributed by atoms with Gasteiger partial charge in [-0.25, -0.2) is 4.39 Å². The zero-order valence-corrected chi connectivity index (χ0v) is 16.2. The lowest BCUT2D eigenvalue weighted by atomic mass is 9.98. The van der Waals surface area contributed by atoms with Crippen LogP contribution >= 0.6 is 0 Å². The maximum absolute atomic E-state index is 15.0. The minimum Gasteiger partial charge on any atom is -0.328 e. The molecule has 2 aromatic carbocycles. The average molecular weight is 386 g/mol. The molecule has 0 fully saturated rings. The van der Waals surface area contributed by atoms with Crippen LogP contribution in [0.15, 0.2) is 54.9 Å². The largest absolute Gasteiger partial charge is 0.328 e. The molecule has 0 N–H and O–H groups in total. The summed E-state index contributed by atoms with van der Waals surface area (Å²) in [6.07, 6.45) is 3.63. The van der Waals surface area contributed by atoms with Gasteiger partial charge >= 0.3 is 0 Å². The van der Waals surface area contributed by atoms with Gasteiger partial charge in [0.1, 0.15) is 5.82 Å². The van der Waals surface area contributed by atoms with Crippen molar-refractivity contribution in [3.05, 3.63) is 83.1 Å². The topological polar surface area (TPSA) is 51.0 Å². The van der Waals surface area contributed by atoms with Gasteiger partial charge in [-0.3, -0.25) is 14.5 Å². The fraction of sp³-hybridized carbons (Fsp3) is 0.174. The molecule has 144 valence electrons. The fourth-order valence-electron chi connectivity index (χ4n) is 3.96. The molecule has 0 aliphatic carbocycles. The van der Waals surface area contributed by atoms with Crippen molar-refractivity contribution in [2.45, 2.75) is 20.0 Å². The van der Waals surface area contributed by atoms with Crippen molar-refractivity contribution in [2.24, 2.45) is 7.05 Å². The summed E-state index contributed by atoms with van der Waals surface area (Å²) in [5.74, 6) is -0.427. The van der Waals surface area contributed by atoms with Gasteiger partial charge in [-0.2, -0.15) is 5.10 Å². The van der Waals surface area contributed by atoms with Gasteiger partial charge in [-0.1, -0.05) is 24.3 Å². The normalized spacial score (nSPS) is 13.3. The molecule has 0 saturated carbocycles. The molecular formula is C23H19FN4O. The van der Waals surface area contributed by atoms with Gasteiger partial charge in [0.15, 0.2) is 0 Å². The van der Waals surface area contributed by atoms with Crippen molar-refractivity contribution >= 4 is 16.8 Å². The van der Waals surface area contributed by atoms with Crippen molar-refractivity contribution in [1.29, 1.82) is 0 Å². The predicted molar refractivity (Wildman–Crippen MR) is 109 cm³/mol. The molecule has 2 aromatic heterocycles. The SMILES string of the molecule is Cc1ccc(-c2ccc(CN3Cc4ncccc4C3=O)c(F)c2)c2cn(C)nc12. The Bertz CT molecular complexity index is 1280. The van der Waals surface area contributed by atoms with Crippen molar-refractivity contribution in [1.82, 2.24) is 19.7 Å². The van der Waals surface area contributed by atoms with Crippen LogP contribution in [0, 0.1) is 12.7 Å². The van der Waals surface area contributed by atoms with Gasteiger partial charge in [-0.05, 0) is 41.8 Å². The summed E-state index contributed by atoms with van der Waals surface area (Å²) in [4.78, 5) is 18.4. The number of carbonyl (C=O) groups excluding carboxylic acids is 1. The lowest BCUT2D eigenvalue weighted by Crippen LogP contribution is -2.23. The lowest BCUT2D eigenvalue weighted by Gasteiger charge is -2.16. The number of amides is 1. The van der Waals surface area contributed by atoms with E-state index in [2.05, 4.69) is 10.1 Å². The molecule has 0 unspecified atom stereocenters. The smallest absolute Gasteiger partial charge is 0.256 e. The van der Waals surface area contributed by atoms with Crippen LogP contribution in [0.1, 0.15) is 27.2 Å². The number of halogens is 1. The summed E-state index contributed by atoms with van der Waals surface area (Å²) >= 11 is 0. The predicted octanol–water partition coefficient (Wildman–Crippen LogP) is 4.24. The first-order valence-electron chi connectivity index (χ1n) is 9.46. The first-order valence-corrected chi connectivity index (χ1v) is 9.46. The zero-order valence-electron chi connectivity index (χ0n) is 16.2. The fourth-order valence-corrected chi connectivity index (χ4v) is 3.96. The quantitative estimate of drug-likeness (QED) is 0.529. The Morgan fingerprint density at radius 1 is 1.14 bits per heavy atom. The Morgan fingerprint density at radius 2 is 2.00 bits per heavy atom. The Labute approximate surface area is 167 Å². The molecule has 0 saturated heterocycles. The standard InChI is InChI=1S/C23H19FN4O/c1-14-5-8-17(19-12-27(2)26-22(14)19)15-6-7-16(20(24)10-15)11-28-13-21-18(23(28)29)4-3-9-25-21/h3-10,12H,11,13H2,1-2H3. The Kier molecular flexibility index (Phi) is 3.94. The van der Waals surface area contributed by atoms with Crippen molar-refractivity contribution in [3.8, 4) is 11.1 Å². The molecule has 0 bridgehead atoms. The van der Waals surface area contributed by atoms with Crippen LogP contribution in [0.5, 0.6) is 0 Å². The highest BCUT2D eigenvalue weighted by Gasteiger charge is 2.28. The number of fused-ring (bicyclic) bond motifs is 2. The van der Waals surface area contributed by atoms with Gasteiger partial charge in [0.25, 0.3) is 5.91 Å². The summed E-state index contributed by atoms with van der Waals surface area (Å²) in [6.45, 7) is 2.64. The Hall–Kier alpha value is -3.54. The summed E-state index contributed by atoms with van der Waals surface area (Å²) in [7, 11) is 1.88. The highest BCUT2D eigenvalue weighted by molar-refractivity contribution is 5.98. The van der Waals surface area contributed by atoms with Crippen LogP contribution in [-0.2, 0) is 20.1 Å². The van der Waals surface area contributed by atoms with Crippen LogP contribution in [-0.4, -0.2) is 25.6 Å². The van der Waals surface area contributed by atoms with Gasteiger partial charge in [0.2, 0.25) is 0 Å². The van der Waals surface area contributed by atoms with Crippen molar-refractivity contribution < 1.29 is 9.18 Å². The van der Waals surface area contributed by atoms with E-state index in [0.29, 0.717) is 17.7 Å². The molecule has 5 nitrogen and oxygen atoms in total. The van der Waals surface area contributed by atoms with E-state index in [1.807, 2.05) is 38.4 Å². The van der Waals surface area contributed by atoms with E-state index < -0.39 is 0 Å². The van der Waals surface area contributed by atoms with Gasteiger partial charge < -0.3 is 4.90 Å². The number of nitrogens with zero attached hydrogens (tertiary/aromatic N) is 4. The second-order valence-electron chi connectivity index (χ2n) is 7.46. The van der Waals surface area contributed by atoms with Crippen LogP contribution in [0.2, 0.25) is 0 Å². The van der Waals surface area contributed by atoms with E-state index in [0.717, 1.165) is 33.3 Å². The highest BCUT2D eigenvalue weighted by Crippen LogP contribution is 2.31. The summed E-state index contributed by atoms with van der Waals surface area (Å²) in [5, 5.41) is 5.50. The van der Waals surface area contributed by atoms with Gasteiger partial charge in [0, 0.05) is 36.9 Å². The van der Waals surface area contributed by atoms with Crippen LogP contribution < -0.4 is 0 Å². The molecule has 1 amide bonds. The van der Waals surface area contributed by atoms with E-state index in [1.54, 1.807) is 40.0 Å². The summed E-state index contributed by atoms with van der Waals surface area (Å²) in [6, 6.07) is 12.7. The Balaban J connectivity index is 1.46. The highest BCUT2D eigenvalue weighted by atomic mass is 19.1. The number of carbonyl (C=O) groups is 1. The molecule has 6 heteroatoms. The first kappa shape index (κ1) is 17.6. The third kappa shape index (κ3) is 2.88. The monoisotopic (exact) mass is 386 g/mol. The number of aryl methyl sites for hydroxylation is 2. The molecule has 0 radical (unpaired) electrons. The molecule has 1 aliphatic heterocycles. The minimum atomic E-state index is -0.322. The first-order chi connectivity index (χ1) is 14.0. The van der Waals surface area contributed by atoms with Crippen molar-refractivity contribution in [3.63, 3.8) is 0 Å². The molecule has 5 rings (SSSR count). The molecule has 1 aliphatic rings. The van der Waals surface area contributed by atoms with E-state index in [9.17, 15) is 9.18 Å². The molecular weight excluding hydrogens is 367 g/mol. The number of benzene rings is 2. The molecule has 3 heterocycles. The molecule has 0 spiro atoms. The van der Waals surface area contributed by atoms with Gasteiger partial charge in [-0.15, -0.1) is 0 Å². The molecule has 4 aromatic rings. The van der Waals surface area contributed by atoms with E-state index in [4.69, 9.17) is 0 Å².